The standard InChI is InChI=1S/C25H21NO3S/c1-16-9-14-21(17(2)15-16)22-23(30-20-7-5-4-6-8-20)25(28)26(24(22)27)18-10-12-19(29-3)13-11-18/h4-15H,1-3H3. The molecule has 4 nitrogen and oxygen atoms in total. The molecule has 0 aliphatic carbocycles. The van der Waals surface area contributed by atoms with Crippen molar-refractivity contribution in [2.24, 2.45) is 0 Å². The van der Waals surface area contributed by atoms with Crippen molar-refractivity contribution in [3.63, 3.8) is 0 Å². The fraction of sp³-hybridized carbons (Fsp3) is 0.120. The van der Waals surface area contributed by atoms with Crippen LogP contribution in [-0.4, -0.2) is 18.9 Å². The molecule has 0 atom stereocenters. The Morgan fingerprint density at radius 2 is 1.53 bits per heavy atom. The molecule has 0 N–H and O–H groups in total. The van der Waals surface area contributed by atoms with E-state index in [-0.39, 0.29) is 11.8 Å². The molecule has 5 heteroatoms. The van der Waals surface area contributed by atoms with E-state index >= 15 is 0 Å². The maximum atomic E-state index is 13.5. The lowest BCUT2D eigenvalue weighted by Gasteiger charge is -2.16. The fourth-order valence-corrected chi connectivity index (χ4v) is 4.51. The highest BCUT2D eigenvalue weighted by molar-refractivity contribution is 8.04. The van der Waals surface area contributed by atoms with Gasteiger partial charge in [0.05, 0.1) is 23.3 Å². The first-order chi connectivity index (χ1) is 14.5. The van der Waals surface area contributed by atoms with E-state index in [1.54, 1.807) is 31.4 Å². The van der Waals surface area contributed by atoms with Gasteiger partial charge in [-0.2, -0.15) is 0 Å². The van der Waals surface area contributed by atoms with Crippen LogP contribution in [0.3, 0.4) is 0 Å². The van der Waals surface area contributed by atoms with Gasteiger partial charge < -0.3 is 4.74 Å². The summed E-state index contributed by atoms with van der Waals surface area (Å²) in [6.07, 6.45) is 0. The normalized spacial score (nSPS) is 13.9. The molecule has 150 valence electrons. The second-order valence-electron chi connectivity index (χ2n) is 7.08. The van der Waals surface area contributed by atoms with Gasteiger partial charge in [-0.1, -0.05) is 53.7 Å². The van der Waals surface area contributed by atoms with Crippen LogP contribution in [0.1, 0.15) is 16.7 Å². The number of hydrogen-bond acceptors (Lipinski definition) is 4. The summed E-state index contributed by atoms with van der Waals surface area (Å²) in [5.74, 6) is 0.0452. The molecule has 0 bridgehead atoms. The summed E-state index contributed by atoms with van der Waals surface area (Å²) in [5.41, 5.74) is 3.83. The van der Waals surface area contributed by atoms with Crippen molar-refractivity contribution < 1.29 is 14.3 Å². The summed E-state index contributed by atoms with van der Waals surface area (Å²) in [4.78, 5) is 29.5. The lowest BCUT2D eigenvalue weighted by Crippen LogP contribution is -2.31. The van der Waals surface area contributed by atoms with Gasteiger partial charge in [0.15, 0.2) is 0 Å². The Morgan fingerprint density at radius 1 is 0.833 bits per heavy atom. The molecule has 4 rings (SSSR count). The molecule has 0 radical (unpaired) electrons. The lowest BCUT2D eigenvalue weighted by atomic mass is 9.99. The van der Waals surface area contributed by atoms with E-state index in [1.807, 2.05) is 62.4 Å². The molecule has 1 aliphatic heterocycles. The highest BCUT2D eigenvalue weighted by Gasteiger charge is 2.40. The number of imide groups is 1. The SMILES string of the molecule is COc1ccc(N2C(=O)C(Sc3ccccc3)=C(c3ccc(C)cc3C)C2=O)cc1. The first-order valence-electron chi connectivity index (χ1n) is 9.57. The zero-order chi connectivity index (χ0) is 21.3. The maximum Gasteiger partial charge on any atom is 0.272 e. The number of ether oxygens (including phenoxy) is 1. The van der Waals surface area contributed by atoms with Crippen molar-refractivity contribution in [3.8, 4) is 5.75 Å². The molecular formula is C25H21NO3S. The van der Waals surface area contributed by atoms with Gasteiger partial charge >= 0.3 is 0 Å². The summed E-state index contributed by atoms with van der Waals surface area (Å²) < 4.78 is 5.20. The van der Waals surface area contributed by atoms with Crippen LogP contribution in [0.5, 0.6) is 5.75 Å². The van der Waals surface area contributed by atoms with E-state index < -0.39 is 0 Å². The van der Waals surface area contributed by atoms with Crippen LogP contribution in [0.15, 0.2) is 82.6 Å². The maximum absolute atomic E-state index is 13.5. The Bertz CT molecular complexity index is 1150. The van der Waals surface area contributed by atoms with Crippen LogP contribution in [0.2, 0.25) is 0 Å². The monoisotopic (exact) mass is 415 g/mol. The molecule has 30 heavy (non-hydrogen) atoms. The molecule has 0 saturated carbocycles. The quantitative estimate of drug-likeness (QED) is 0.524. The van der Waals surface area contributed by atoms with E-state index in [0.29, 0.717) is 21.9 Å². The first kappa shape index (κ1) is 20.0. The van der Waals surface area contributed by atoms with E-state index in [9.17, 15) is 9.59 Å². The summed E-state index contributed by atoms with van der Waals surface area (Å²) in [6.45, 7) is 3.98. The molecule has 0 spiro atoms. The van der Waals surface area contributed by atoms with Gasteiger partial charge in [-0.05, 0) is 61.4 Å². The van der Waals surface area contributed by atoms with E-state index in [0.717, 1.165) is 21.6 Å². The number of thioether (sulfide) groups is 1. The Labute approximate surface area is 180 Å². The van der Waals surface area contributed by atoms with Crippen LogP contribution in [0, 0.1) is 13.8 Å². The molecule has 0 fully saturated rings. The number of anilines is 1. The Hall–Kier alpha value is -3.31. The zero-order valence-electron chi connectivity index (χ0n) is 17.0. The second-order valence-corrected chi connectivity index (χ2v) is 8.17. The van der Waals surface area contributed by atoms with Gasteiger partial charge in [-0.15, -0.1) is 0 Å². The van der Waals surface area contributed by atoms with Gasteiger partial charge in [-0.25, -0.2) is 4.90 Å². The minimum Gasteiger partial charge on any atom is -0.497 e. The third-order valence-corrected chi connectivity index (χ3v) is 6.08. The third kappa shape index (κ3) is 3.64. The summed E-state index contributed by atoms with van der Waals surface area (Å²) in [6, 6.07) is 22.5. The largest absolute Gasteiger partial charge is 0.497 e. The van der Waals surface area contributed by atoms with Gasteiger partial charge in [-0.3, -0.25) is 9.59 Å². The van der Waals surface area contributed by atoms with Crippen LogP contribution in [-0.2, 0) is 9.59 Å². The number of carbonyl (C=O) groups excluding carboxylic acids is 2. The summed E-state index contributed by atoms with van der Waals surface area (Å²) >= 11 is 1.33. The van der Waals surface area contributed by atoms with Gasteiger partial charge in [0.25, 0.3) is 11.8 Å². The number of methoxy groups -OCH3 is 1. The number of hydrogen-bond donors (Lipinski definition) is 0. The molecule has 0 aromatic heterocycles. The predicted octanol–water partition coefficient (Wildman–Crippen LogP) is 5.39. The van der Waals surface area contributed by atoms with E-state index in [4.69, 9.17) is 4.74 Å². The number of carbonyl (C=O) groups is 2. The number of benzene rings is 3. The van der Waals surface area contributed by atoms with Gasteiger partial charge in [0, 0.05) is 4.90 Å². The molecular weight excluding hydrogens is 394 g/mol. The van der Waals surface area contributed by atoms with Crippen molar-refractivity contribution in [2.75, 3.05) is 12.0 Å². The van der Waals surface area contributed by atoms with Crippen molar-refractivity contribution in [3.05, 3.63) is 94.4 Å². The number of amides is 2. The van der Waals surface area contributed by atoms with E-state index in [1.165, 1.54) is 16.7 Å². The molecule has 1 aliphatic rings. The summed E-state index contributed by atoms with van der Waals surface area (Å²) in [7, 11) is 1.58. The van der Waals surface area contributed by atoms with Crippen LogP contribution >= 0.6 is 11.8 Å². The summed E-state index contributed by atoms with van der Waals surface area (Å²) in [5, 5.41) is 0. The number of nitrogens with zero attached hydrogens (tertiary/aromatic N) is 1. The smallest absolute Gasteiger partial charge is 0.272 e. The Kier molecular flexibility index (Phi) is 5.46. The zero-order valence-corrected chi connectivity index (χ0v) is 17.8. The molecule has 2 amide bonds. The van der Waals surface area contributed by atoms with Crippen LogP contribution < -0.4 is 9.64 Å². The molecule has 0 unspecified atom stereocenters. The van der Waals surface area contributed by atoms with Crippen LogP contribution in [0.25, 0.3) is 5.57 Å². The molecule has 1 heterocycles. The molecule has 0 saturated heterocycles. The van der Waals surface area contributed by atoms with Crippen molar-refractivity contribution >= 4 is 34.8 Å². The second kappa shape index (κ2) is 8.20. The highest BCUT2D eigenvalue weighted by atomic mass is 32.2. The molecule has 3 aromatic rings. The number of rotatable bonds is 5. The third-order valence-electron chi connectivity index (χ3n) is 4.99. The minimum atomic E-state index is -0.311. The van der Waals surface area contributed by atoms with Crippen molar-refractivity contribution in [1.29, 1.82) is 0 Å². The topological polar surface area (TPSA) is 46.6 Å². The van der Waals surface area contributed by atoms with Gasteiger partial charge in [0.1, 0.15) is 5.75 Å². The Balaban J connectivity index is 1.83. The predicted molar refractivity (Wildman–Crippen MR) is 121 cm³/mol. The van der Waals surface area contributed by atoms with Crippen molar-refractivity contribution in [1.82, 2.24) is 0 Å². The average Bonchev–Trinajstić information content (AvgIpc) is 2.99. The lowest BCUT2D eigenvalue weighted by molar-refractivity contribution is -0.119. The van der Waals surface area contributed by atoms with Gasteiger partial charge in [0.2, 0.25) is 0 Å². The molecule has 3 aromatic carbocycles. The van der Waals surface area contributed by atoms with Crippen LogP contribution in [0.4, 0.5) is 5.69 Å². The van der Waals surface area contributed by atoms with Crippen molar-refractivity contribution in [2.45, 2.75) is 18.7 Å². The van der Waals surface area contributed by atoms with E-state index in [2.05, 4.69) is 0 Å². The highest BCUT2D eigenvalue weighted by Crippen LogP contribution is 2.42. The Morgan fingerprint density at radius 3 is 2.17 bits per heavy atom. The average molecular weight is 416 g/mol. The number of aryl methyl sites for hydroxylation is 2. The fourth-order valence-electron chi connectivity index (χ4n) is 3.51. The minimum absolute atomic E-state index is 0.310. The first-order valence-corrected chi connectivity index (χ1v) is 10.4.